The number of aliphatic hydroxyl groups excluding tert-OH is 11. The van der Waals surface area contributed by atoms with Crippen LogP contribution < -0.4 is 5.32 Å². The first kappa shape index (κ1) is 82.2. The number of carbonyl (C=O) groups is 1. The summed E-state index contributed by atoms with van der Waals surface area (Å²) in [4.78, 5) is 13.4. The molecule has 0 aromatic heterocycles. The molecule has 0 aromatic carbocycles. The Morgan fingerprint density at radius 2 is 0.769 bits per heavy atom. The van der Waals surface area contributed by atoms with Gasteiger partial charge in [-0.25, -0.2) is 0 Å². The van der Waals surface area contributed by atoms with Crippen LogP contribution in [0, 0.1) is 0 Å². The summed E-state index contributed by atoms with van der Waals surface area (Å²) in [6, 6.07) is -1.01. The van der Waals surface area contributed by atoms with Crippen LogP contribution in [0.2, 0.25) is 0 Å². The van der Waals surface area contributed by atoms with E-state index in [4.69, 9.17) is 28.4 Å². The summed E-state index contributed by atoms with van der Waals surface area (Å²) < 4.78 is 34.3. The highest BCUT2D eigenvalue weighted by Gasteiger charge is 2.53. The van der Waals surface area contributed by atoms with E-state index in [9.17, 15) is 61.0 Å². The van der Waals surface area contributed by atoms with E-state index in [1.807, 2.05) is 6.08 Å². The first-order valence-electron chi connectivity index (χ1n) is 35.3. The topological polar surface area (TPSA) is 307 Å². The number of amides is 1. The molecule has 3 aliphatic rings. The molecule has 3 saturated heterocycles. The van der Waals surface area contributed by atoms with Gasteiger partial charge in [-0.05, 0) is 77.0 Å². The van der Waals surface area contributed by atoms with Gasteiger partial charge in [-0.2, -0.15) is 0 Å². The second-order valence-electron chi connectivity index (χ2n) is 25.0. The molecule has 0 bridgehead atoms. The van der Waals surface area contributed by atoms with Crippen LogP contribution in [0.4, 0.5) is 0 Å². The Kier molecular flexibility index (Phi) is 48.0. The predicted octanol–water partition coefficient (Wildman–Crippen LogP) is 9.49. The van der Waals surface area contributed by atoms with Crippen molar-refractivity contribution in [2.24, 2.45) is 0 Å². The zero-order valence-electron chi connectivity index (χ0n) is 55.5. The Morgan fingerprint density at radius 1 is 0.407 bits per heavy atom. The lowest BCUT2D eigenvalue weighted by Crippen LogP contribution is -2.66. The molecule has 0 aromatic rings. The molecule has 17 unspecified atom stereocenters. The molecule has 91 heavy (non-hydrogen) atoms. The highest BCUT2D eigenvalue weighted by atomic mass is 16.8. The summed E-state index contributed by atoms with van der Waals surface area (Å²) in [5, 5.41) is 120. The predicted molar refractivity (Wildman–Crippen MR) is 355 cm³/mol. The first-order valence-corrected chi connectivity index (χ1v) is 35.3. The van der Waals surface area contributed by atoms with Crippen molar-refractivity contribution in [2.45, 2.75) is 336 Å². The summed E-state index contributed by atoms with van der Waals surface area (Å²) in [5.41, 5.74) is 0. The molecule has 3 fully saturated rings. The third kappa shape index (κ3) is 35.0. The van der Waals surface area contributed by atoms with Gasteiger partial charge in [0.15, 0.2) is 18.9 Å². The van der Waals surface area contributed by atoms with Gasteiger partial charge in [0.1, 0.15) is 73.2 Å². The maximum atomic E-state index is 13.4. The molecule has 0 saturated carbocycles. The monoisotopic (exact) mass is 1290 g/mol. The van der Waals surface area contributed by atoms with Crippen LogP contribution in [0.25, 0.3) is 0 Å². The van der Waals surface area contributed by atoms with E-state index in [2.05, 4.69) is 92.1 Å². The number of unbranched alkanes of at least 4 members (excludes halogenated alkanes) is 25. The molecular formula is C72H125NO18. The fraction of sp³-hybridized carbons (Fsp3) is 0.792. The van der Waals surface area contributed by atoms with Crippen molar-refractivity contribution in [3.63, 3.8) is 0 Å². The van der Waals surface area contributed by atoms with Gasteiger partial charge in [0.05, 0.1) is 38.6 Å². The minimum absolute atomic E-state index is 0.192. The highest BCUT2D eigenvalue weighted by Crippen LogP contribution is 2.33. The number of carbonyl (C=O) groups excluding carboxylic acids is 1. The second kappa shape index (κ2) is 53.2. The Morgan fingerprint density at radius 3 is 1.23 bits per heavy atom. The normalized spacial score (nSPS) is 28.4. The number of hydrogen-bond donors (Lipinski definition) is 12. The van der Waals surface area contributed by atoms with Crippen molar-refractivity contribution >= 4 is 5.91 Å². The van der Waals surface area contributed by atoms with Gasteiger partial charge >= 0.3 is 0 Å². The van der Waals surface area contributed by atoms with Gasteiger partial charge in [0.2, 0.25) is 5.91 Å². The summed E-state index contributed by atoms with van der Waals surface area (Å²) in [7, 11) is 0. The molecule has 17 atom stereocenters. The number of rotatable bonds is 53. The standard InChI is InChI=1S/C72H125NO18/c1-3-5-7-9-11-13-15-17-19-21-23-24-25-26-27-28-29-30-32-33-35-37-39-41-43-45-47-49-56(77)55(73-60(78)50-48-46-44-42-40-38-36-34-31-22-20-18-16-14-12-10-8-6-4-2)54-86-70-66(84)63(81)68(58(52-75)88-70)91-72-67(85)64(82)69(59(53-76)89-72)90-71-65(83)62(80)61(79)57(51-74)87-71/h6,8,12,14,18,20,31,34,38-41,47,49,55-59,61-72,74-77,79-85H,3-5,7,9-11,13,15-17,19,21-30,32-33,35-37,42-46,48,50-54H2,1-2H3,(H,73,78)/b8-6-,14-12-,20-18-,34-31-,40-38-,41-39+,49-47+. The third-order valence-corrected chi connectivity index (χ3v) is 17.2. The molecule has 19 nitrogen and oxygen atoms in total. The maximum Gasteiger partial charge on any atom is 0.220 e. The highest BCUT2D eigenvalue weighted by molar-refractivity contribution is 5.76. The van der Waals surface area contributed by atoms with Crippen molar-refractivity contribution in [3.8, 4) is 0 Å². The fourth-order valence-corrected chi connectivity index (χ4v) is 11.5. The lowest BCUT2D eigenvalue weighted by Gasteiger charge is -2.48. The van der Waals surface area contributed by atoms with Crippen LogP contribution in [-0.2, 0) is 33.2 Å². The van der Waals surface area contributed by atoms with Crippen molar-refractivity contribution in [1.82, 2.24) is 5.32 Å². The van der Waals surface area contributed by atoms with E-state index in [0.29, 0.717) is 12.8 Å². The molecule has 526 valence electrons. The summed E-state index contributed by atoms with van der Waals surface area (Å²) in [6.07, 6.45) is 41.4. The molecule has 3 heterocycles. The van der Waals surface area contributed by atoms with E-state index in [1.165, 1.54) is 128 Å². The van der Waals surface area contributed by atoms with Gasteiger partial charge in [-0.3, -0.25) is 4.79 Å². The number of hydrogen-bond acceptors (Lipinski definition) is 18. The summed E-state index contributed by atoms with van der Waals surface area (Å²) in [6.45, 7) is 1.58. The zero-order chi connectivity index (χ0) is 66.1. The van der Waals surface area contributed by atoms with E-state index in [-0.39, 0.29) is 18.9 Å². The Labute approximate surface area is 546 Å². The van der Waals surface area contributed by atoms with Crippen LogP contribution in [0.3, 0.4) is 0 Å². The van der Waals surface area contributed by atoms with E-state index >= 15 is 0 Å². The Balaban J connectivity index is 1.45. The number of nitrogens with one attached hydrogen (secondary N) is 1. The number of ether oxygens (including phenoxy) is 6. The van der Waals surface area contributed by atoms with Crippen LogP contribution in [-0.4, -0.2) is 193 Å². The second-order valence-corrected chi connectivity index (χ2v) is 25.0. The van der Waals surface area contributed by atoms with Crippen LogP contribution in [0.1, 0.15) is 232 Å². The van der Waals surface area contributed by atoms with E-state index < -0.39 is 124 Å². The van der Waals surface area contributed by atoms with Gasteiger partial charge in [-0.1, -0.05) is 234 Å². The SMILES string of the molecule is CC/C=C\C/C=C\C/C=C\C/C=C\C/C=C\CCCCCC(=O)NC(COC1OC(CO)C(OC2OC(CO)C(OC3OC(CO)C(O)C(O)C3O)C(O)C2O)C(O)C1O)C(O)/C=C/CC/C=C/CCCCCCCCCCCCCCCCCCCCCCC. The molecule has 0 spiro atoms. The van der Waals surface area contributed by atoms with Crippen LogP contribution in [0.15, 0.2) is 85.1 Å². The molecule has 3 rings (SSSR count). The Hall–Kier alpha value is -3.03. The van der Waals surface area contributed by atoms with Crippen molar-refractivity contribution in [2.75, 3.05) is 26.4 Å². The third-order valence-electron chi connectivity index (χ3n) is 17.2. The largest absolute Gasteiger partial charge is 0.394 e. The lowest BCUT2D eigenvalue weighted by molar-refractivity contribution is -0.379. The van der Waals surface area contributed by atoms with Crippen molar-refractivity contribution in [3.05, 3.63) is 85.1 Å². The van der Waals surface area contributed by atoms with Gasteiger partial charge < -0.3 is 89.9 Å². The van der Waals surface area contributed by atoms with Gasteiger partial charge in [-0.15, -0.1) is 0 Å². The van der Waals surface area contributed by atoms with Crippen LogP contribution in [0.5, 0.6) is 0 Å². The summed E-state index contributed by atoms with van der Waals surface area (Å²) >= 11 is 0. The molecular weight excluding hydrogens is 1170 g/mol. The Bertz CT molecular complexity index is 1980. The number of aliphatic hydroxyl groups is 11. The number of allylic oxidation sites excluding steroid dienone is 13. The molecule has 3 aliphatic heterocycles. The van der Waals surface area contributed by atoms with E-state index in [0.717, 1.165) is 70.6 Å². The van der Waals surface area contributed by atoms with Gasteiger partial charge in [0.25, 0.3) is 0 Å². The minimum Gasteiger partial charge on any atom is -0.394 e. The molecule has 19 heteroatoms. The van der Waals surface area contributed by atoms with Crippen LogP contribution >= 0.6 is 0 Å². The lowest BCUT2D eigenvalue weighted by atomic mass is 9.96. The smallest absolute Gasteiger partial charge is 0.220 e. The quantitative estimate of drug-likeness (QED) is 0.0199. The average molecular weight is 1290 g/mol. The van der Waals surface area contributed by atoms with E-state index in [1.54, 1.807) is 6.08 Å². The van der Waals surface area contributed by atoms with Crippen molar-refractivity contribution in [1.29, 1.82) is 0 Å². The zero-order valence-corrected chi connectivity index (χ0v) is 55.5. The van der Waals surface area contributed by atoms with Gasteiger partial charge in [0, 0.05) is 6.42 Å². The molecule has 1 amide bonds. The molecule has 0 radical (unpaired) electrons. The molecule has 12 N–H and O–H groups in total. The first-order chi connectivity index (χ1) is 44.3. The average Bonchev–Trinajstić information content (AvgIpc) is 0.886. The summed E-state index contributed by atoms with van der Waals surface area (Å²) in [5.74, 6) is -0.318. The fourth-order valence-electron chi connectivity index (χ4n) is 11.5. The minimum atomic E-state index is -1.99. The van der Waals surface area contributed by atoms with Crippen molar-refractivity contribution < 1.29 is 89.4 Å². The molecule has 0 aliphatic carbocycles. The maximum absolute atomic E-state index is 13.4.